The number of amides is 2. The quantitative estimate of drug-likeness (QED) is 0.870. The monoisotopic (exact) mass is 318 g/mol. The zero-order valence-electron chi connectivity index (χ0n) is 14.4. The van der Waals surface area contributed by atoms with Crippen molar-refractivity contribution < 1.29 is 9.59 Å². The van der Waals surface area contributed by atoms with Crippen LogP contribution in [0.5, 0.6) is 0 Å². The van der Waals surface area contributed by atoms with Crippen LogP contribution in [0.15, 0.2) is 0 Å². The summed E-state index contributed by atoms with van der Waals surface area (Å²) in [6.45, 7) is 3.53. The van der Waals surface area contributed by atoms with Gasteiger partial charge in [0.15, 0.2) is 0 Å². The van der Waals surface area contributed by atoms with Crippen molar-refractivity contribution in [1.82, 2.24) is 10.2 Å². The number of hydrogen-bond donors (Lipinski definition) is 1. The minimum Gasteiger partial charge on any atom is -0.353 e. The van der Waals surface area contributed by atoms with Crippen molar-refractivity contribution in [3.05, 3.63) is 0 Å². The number of carbonyl (C=O) groups is 2. The molecule has 0 aromatic heterocycles. The van der Waals surface area contributed by atoms with E-state index in [-0.39, 0.29) is 17.4 Å². The molecule has 1 saturated heterocycles. The second-order valence-corrected chi connectivity index (χ2v) is 8.68. The Balaban J connectivity index is 1.35. The molecule has 1 heterocycles. The number of nitrogens with one attached hydrogen (secondary N) is 1. The lowest BCUT2D eigenvalue weighted by molar-refractivity contribution is -0.147. The van der Waals surface area contributed by atoms with E-state index in [2.05, 4.69) is 5.32 Å². The maximum Gasteiger partial charge on any atom is 0.226 e. The van der Waals surface area contributed by atoms with Crippen LogP contribution < -0.4 is 5.32 Å². The van der Waals surface area contributed by atoms with E-state index in [4.69, 9.17) is 0 Å². The molecule has 4 nitrogen and oxygen atoms in total. The molecule has 5 rings (SSSR count). The van der Waals surface area contributed by atoms with Gasteiger partial charge in [-0.25, -0.2) is 0 Å². The molecule has 0 unspecified atom stereocenters. The molecule has 5 aliphatic rings. The zero-order chi connectivity index (χ0) is 16.0. The second kappa shape index (κ2) is 5.78. The van der Waals surface area contributed by atoms with Crippen molar-refractivity contribution in [2.45, 2.75) is 70.8 Å². The van der Waals surface area contributed by atoms with Crippen LogP contribution >= 0.6 is 0 Å². The summed E-state index contributed by atoms with van der Waals surface area (Å²) in [4.78, 5) is 26.8. The smallest absolute Gasteiger partial charge is 0.226 e. The number of nitrogens with zero attached hydrogens (tertiary/aromatic N) is 1. The summed E-state index contributed by atoms with van der Waals surface area (Å²) < 4.78 is 0. The average Bonchev–Trinajstić information content (AvgIpc) is 2.53. The van der Waals surface area contributed by atoms with Gasteiger partial charge in [-0.2, -0.15) is 0 Å². The van der Waals surface area contributed by atoms with Gasteiger partial charge in [0.1, 0.15) is 0 Å². The Morgan fingerprint density at radius 1 is 1.00 bits per heavy atom. The molecule has 2 amide bonds. The van der Waals surface area contributed by atoms with Crippen LogP contribution in [0.25, 0.3) is 0 Å². The lowest BCUT2D eigenvalue weighted by Gasteiger charge is -2.56. The normalized spacial score (nSPS) is 39.5. The first-order valence-electron chi connectivity index (χ1n) is 9.67. The molecule has 1 aliphatic heterocycles. The number of likely N-dealkylation sites (tertiary alicyclic amines) is 1. The van der Waals surface area contributed by atoms with Gasteiger partial charge in [0.05, 0.1) is 0 Å². The fraction of sp³-hybridized carbons (Fsp3) is 0.895. The topological polar surface area (TPSA) is 49.4 Å². The Hall–Kier alpha value is -1.06. The van der Waals surface area contributed by atoms with Crippen LogP contribution in [-0.4, -0.2) is 35.8 Å². The maximum absolute atomic E-state index is 13.0. The van der Waals surface area contributed by atoms with Gasteiger partial charge in [-0.1, -0.05) is 6.92 Å². The average molecular weight is 318 g/mol. The summed E-state index contributed by atoms with van der Waals surface area (Å²) in [6, 6.07) is 0.274. The van der Waals surface area contributed by atoms with Crippen LogP contribution in [0.3, 0.4) is 0 Å². The van der Waals surface area contributed by atoms with Crippen molar-refractivity contribution in [3.8, 4) is 0 Å². The molecule has 23 heavy (non-hydrogen) atoms. The summed E-state index contributed by atoms with van der Waals surface area (Å²) >= 11 is 0. The number of carbonyl (C=O) groups excluding carboxylic acids is 2. The molecule has 1 N–H and O–H groups in total. The Labute approximate surface area is 139 Å². The van der Waals surface area contributed by atoms with E-state index < -0.39 is 0 Å². The Bertz CT molecular complexity index is 458. The maximum atomic E-state index is 13.0. The van der Waals surface area contributed by atoms with Gasteiger partial charge >= 0.3 is 0 Å². The van der Waals surface area contributed by atoms with E-state index in [1.54, 1.807) is 0 Å². The highest BCUT2D eigenvalue weighted by molar-refractivity contribution is 5.83. The summed E-state index contributed by atoms with van der Waals surface area (Å²) in [6.07, 6.45) is 9.98. The van der Waals surface area contributed by atoms with Gasteiger partial charge in [0.25, 0.3) is 0 Å². The van der Waals surface area contributed by atoms with Gasteiger partial charge < -0.3 is 10.2 Å². The Morgan fingerprint density at radius 3 is 2.00 bits per heavy atom. The van der Waals surface area contributed by atoms with Crippen molar-refractivity contribution in [3.63, 3.8) is 0 Å². The van der Waals surface area contributed by atoms with Gasteiger partial charge in [-0.15, -0.1) is 0 Å². The molecule has 0 aromatic rings. The molecule has 4 saturated carbocycles. The summed E-state index contributed by atoms with van der Waals surface area (Å²) in [5, 5.41) is 3.38. The zero-order valence-corrected chi connectivity index (χ0v) is 14.4. The third-order valence-electron chi connectivity index (χ3n) is 7.01. The molecule has 128 valence electrons. The second-order valence-electron chi connectivity index (χ2n) is 8.68. The molecule has 4 heteroatoms. The molecular weight excluding hydrogens is 288 g/mol. The Kier molecular flexibility index (Phi) is 3.89. The third-order valence-corrected chi connectivity index (χ3v) is 7.01. The van der Waals surface area contributed by atoms with Crippen molar-refractivity contribution in [2.75, 3.05) is 13.1 Å². The predicted octanol–water partition coefficient (Wildman–Crippen LogP) is 2.72. The van der Waals surface area contributed by atoms with Gasteiger partial charge in [-0.05, 0) is 69.1 Å². The standard InChI is InChI=1S/C19H30N2O2/c1-2-17(22)21-5-3-16(4-6-21)20-18(23)19-10-13-7-14(11-19)9-15(8-13)12-19/h13-16H,2-12H2,1H3,(H,20,23). The highest BCUT2D eigenvalue weighted by Crippen LogP contribution is 2.60. The van der Waals surface area contributed by atoms with E-state index in [9.17, 15) is 9.59 Å². The van der Waals surface area contributed by atoms with Crippen LogP contribution in [0, 0.1) is 23.2 Å². The summed E-state index contributed by atoms with van der Waals surface area (Å²) in [7, 11) is 0. The fourth-order valence-corrected chi connectivity index (χ4v) is 6.22. The molecule has 4 bridgehead atoms. The molecule has 0 atom stereocenters. The van der Waals surface area contributed by atoms with Gasteiger partial charge in [-0.3, -0.25) is 9.59 Å². The van der Waals surface area contributed by atoms with Crippen molar-refractivity contribution in [2.24, 2.45) is 23.2 Å². The largest absolute Gasteiger partial charge is 0.353 e. The van der Waals surface area contributed by atoms with E-state index in [0.29, 0.717) is 12.3 Å². The number of piperidine rings is 1. The SMILES string of the molecule is CCC(=O)N1CCC(NC(=O)C23CC4CC(CC(C4)C2)C3)CC1. The highest BCUT2D eigenvalue weighted by Gasteiger charge is 2.54. The Morgan fingerprint density at radius 2 is 1.52 bits per heavy atom. The van der Waals surface area contributed by atoms with Crippen LogP contribution in [0.2, 0.25) is 0 Å². The van der Waals surface area contributed by atoms with Gasteiger partial charge in [0, 0.05) is 31.0 Å². The van der Waals surface area contributed by atoms with Crippen molar-refractivity contribution in [1.29, 1.82) is 0 Å². The predicted molar refractivity (Wildman–Crippen MR) is 88.6 cm³/mol. The number of hydrogen-bond acceptors (Lipinski definition) is 2. The molecule has 4 aliphatic carbocycles. The van der Waals surface area contributed by atoms with Crippen molar-refractivity contribution >= 4 is 11.8 Å². The lowest BCUT2D eigenvalue weighted by atomic mass is 9.49. The summed E-state index contributed by atoms with van der Waals surface area (Å²) in [5.41, 5.74) is -0.0366. The van der Waals surface area contributed by atoms with Crippen LogP contribution in [0.4, 0.5) is 0 Å². The number of rotatable bonds is 3. The van der Waals surface area contributed by atoms with E-state index >= 15 is 0 Å². The minimum absolute atomic E-state index is 0.0366. The molecule has 0 radical (unpaired) electrons. The molecule has 5 fully saturated rings. The summed E-state index contributed by atoms with van der Waals surface area (Å²) in [5.74, 6) is 3.04. The first-order chi connectivity index (χ1) is 11.1. The molecular formula is C19H30N2O2. The van der Waals surface area contributed by atoms with E-state index in [1.807, 2.05) is 11.8 Å². The highest BCUT2D eigenvalue weighted by atomic mass is 16.2. The lowest BCUT2D eigenvalue weighted by Crippen LogP contribution is -2.56. The van der Waals surface area contributed by atoms with Crippen LogP contribution in [-0.2, 0) is 9.59 Å². The first-order valence-corrected chi connectivity index (χ1v) is 9.67. The fourth-order valence-electron chi connectivity index (χ4n) is 6.22. The molecule has 0 aromatic carbocycles. The van der Waals surface area contributed by atoms with Crippen LogP contribution in [0.1, 0.15) is 64.7 Å². The first kappa shape index (κ1) is 15.5. The minimum atomic E-state index is -0.0366. The van der Waals surface area contributed by atoms with Gasteiger partial charge in [0.2, 0.25) is 11.8 Å². The van der Waals surface area contributed by atoms with E-state index in [1.165, 1.54) is 19.3 Å². The third kappa shape index (κ3) is 2.78. The van der Waals surface area contributed by atoms with E-state index in [0.717, 1.165) is 62.9 Å². The molecule has 0 spiro atoms.